The molecule has 4 rings (SSSR count). The number of carbonyl (C=O) groups is 2. The first-order chi connectivity index (χ1) is 14.9. The van der Waals surface area contributed by atoms with E-state index in [1.54, 1.807) is 35.7 Å². The Bertz CT molecular complexity index is 1210. The van der Waals surface area contributed by atoms with Gasteiger partial charge in [-0.15, -0.1) is 11.3 Å². The highest BCUT2D eigenvalue weighted by Gasteiger charge is 2.42. The summed E-state index contributed by atoms with van der Waals surface area (Å²) in [4.78, 5) is 28.2. The molecule has 1 aromatic heterocycles. The average molecular weight is 442 g/mol. The van der Waals surface area contributed by atoms with Crippen LogP contribution in [0, 0.1) is 11.6 Å². The maximum Gasteiger partial charge on any atom is 0.282 e. The second-order valence-electron chi connectivity index (χ2n) is 6.46. The van der Waals surface area contributed by atoms with Crippen molar-refractivity contribution in [2.45, 2.75) is 0 Å². The summed E-state index contributed by atoms with van der Waals surface area (Å²) in [5.41, 5.74) is 0.445. The molecule has 9 heteroatoms. The van der Waals surface area contributed by atoms with E-state index >= 15 is 0 Å². The first-order valence-corrected chi connectivity index (χ1v) is 9.93. The second-order valence-corrected chi connectivity index (χ2v) is 7.41. The Hall–Kier alpha value is -3.72. The fraction of sp³-hybridized carbons (Fsp3) is 0.0909. The van der Waals surface area contributed by atoms with Gasteiger partial charge in [0.2, 0.25) is 0 Å². The largest absolute Gasteiger partial charge is 0.497 e. The number of amides is 2. The minimum absolute atomic E-state index is 0.0451. The van der Waals surface area contributed by atoms with Crippen molar-refractivity contribution in [1.29, 1.82) is 0 Å². The molecule has 1 N–H and O–H groups in total. The van der Waals surface area contributed by atoms with Crippen molar-refractivity contribution >= 4 is 40.1 Å². The summed E-state index contributed by atoms with van der Waals surface area (Å²) in [6, 6.07) is 11.3. The van der Waals surface area contributed by atoms with Crippen molar-refractivity contribution in [3.05, 3.63) is 76.1 Å². The lowest BCUT2D eigenvalue weighted by atomic mass is 10.2. The molecule has 0 aliphatic carbocycles. The maximum atomic E-state index is 13.7. The van der Waals surface area contributed by atoms with Crippen LogP contribution in [0.4, 0.5) is 20.2 Å². The van der Waals surface area contributed by atoms with Crippen LogP contribution in [0.3, 0.4) is 0 Å². The Kier molecular flexibility index (Phi) is 5.43. The lowest BCUT2D eigenvalue weighted by molar-refractivity contribution is -0.120. The van der Waals surface area contributed by atoms with Crippen LogP contribution in [0.1, 0.15) is 4.88 Å². The molecule has 1 aliphatic rings. The van der Waals surface area contributed by atoms with Crippen LogP contribution >= 0.6 is 11.3 Å². The predicted molar refractivity (Wildman–Crippen MR) is 113 cm³/mol. The number of halogens is 2. The molecule has 0 atom stereocenters. The van der Waals surface area contributed by atoms with Crippen molar-refractivity contribution in [2.24, 2.45) is 0 Å². The van der Waals surface area contributed by atoms with E-state index in [0.717, 1.165) is 17.0 Å². The summed E-state index contributed by atoms with van der Waals surface area (Å²) in [5, 5.41) is 4.56. The van der Waals surface area contributed by atoms with Crippen LogP contribution in [0.15, 0.2) is 59.6 Å². The summed E-state index contributed by atoms with van der Waals surface area (Å²) in [7, 11) is 2.90. The Morgan fingerprint density at radius 2 is 1.74 bits per heavy atom. The van der Waals surface area contributed by atoms with Gasteiger partial charge in [0.15, 0.2) is 11.6 Å². The van der Waals surface area contributed by atoms with E-state index in [2.05, 4.69) is 5.32 Å². The van der Waals surface area contributed by atoms with E-state index in [9.17, 15) is 18.4 Å². The number of rotatable bonds is 6. The highest BCUT2D eigenvalue weighted by atomic mass is 32.1. The van der Waals surface area contributed by atoms with Crippen molar-refractivity contribution in [3.63, 3.8) is 0 Å². The van der Waals surface area contributed by atoms with Crippen LogP contribution in [0.2, 0.25) is 0 Å². The monoisotopic (exact) mass is 442 g/mol. The zero-order chi connectivity index (χ0) is 22.1. The fourth-order valence-corrected chi connectivity index (χ4v) is 3.97. The summed E-state index contributed by atoms with van der Waals surface area (Å²) in [6.07, 6.45) is 0. The molecule has 158 valence electrons. The number of nitrogens with one attached hydrogen (secondary N) is 1. The van der Waals surface area contributed by atoms with Gasteiger partial charge in [-0.25, -0.2) is 13.7 Å². The molecule has 0 bridgehead atoms. The van der Waals surface area contributed by atoms with Crippen LogP contribution in [0.25, 0.3) is 5.57 Å². The summed E-state index contributed by atoms with van der Waals surface area (Å²) >= 11 is 1.28. The molecule has 2 amide bonds. The Morgan fingerprint density at radius 3 is 2.39 bits per heavy atom. The van der Waals surface area contributed by atoms with Crippen molar-refractivity contribution in [1.82, 2.24) is 0 Å². The summed E-state index contributed by atoms with van der Waals surface area (Å²) in [6.45, 7) is 0. The van der Waals surface area contributed by atoms with E-state index in [4.69, 9.17) is 9.47 Å². The summed E-state index contributed by atoms with van der Waals surface area (Å²) in [5.74, 6) is -2.56. The van der Waals surface area contributed by atoms with E-state index in [1.165, 1.54) is 31.6 Å². The lowest BCUT2D eigenvalue weighted by Gasteiger charge is -2.19. The van der Waals surface area contributed by atoms with Crippen LogP contribution in [-0.4, -0.2) is 26.0 Å². The SMILES string of the molecule is COc1ccc(N2C(=O)C(Nc3ccc(F)c(F)c3)=C(c3cccs3)C2=O)c(OC)c1. The topological polar surface area (TPSA) is 67.9 Å². The van der Waals surface area contributed by atoms with Gasteiger partial charge in [-0.2, -0.15) is 0 Å². The van der Waals surface area contributed by atoms with Gasteiger partial charge < -0.3 is 14.8 Å². The third kappa shape index (κ3) is 3.64. The highest BCUT2D eigenvalue weighted by molar-refractivity contribution is 7.11. The number of thiophene rings is 1. The maximum absolute atomic E-state index is 13.7. The molecule has 31 heavy (non-hydrogen) atoms. The molecule has 6 nitrogen and oxygen atoms in total. The van der Waals surface area contributed by atoms with Gasteiger partial charge in [-0.05, 0) is 35.7 Å². The number of nitrogens with zero attached hydrogens (tertiary/aromatic N) is 1. The van der Waals surface area contributed by atoms with Gasteiger partial charge in [0.05, 0.1) is 25.5 Å². The van der Waals surface area contributed by atoms with Gasteiger partial charge in [-0.1, -0.05) is 6.07 Å². The molecule has 2 aromatic carbocycles. The fourth-order valence-electron chi connectivity index (χ4n) is 3.20. The van der Waals surface area contributed by atoms with Crippen molar-refractivity contribution in [2.75, 3.05) is 24.4 Å². The van der Waals surface area contributed by atoms with Crippen LogP contribution in [0.5, 0.6) is 11.5 Å². The van der Waals surface area contributed by atoms with Crippen LogP contribution in [-0.2, 0) is 9.59 Å². The molecule has 0 saturated heterocycles. The average Bonchev–Trinajstić information content (AvgIpc) is 3.37. The predicted octanol–water partition coefficient (Wildman–Crippen LogP) is 4.44. The number of hydrogen-bond acceptors (Lipinski definition) is 6. The van der Waals surface area contributed by atoms with Gasteiger partial charge in [0.25, 0.3) is 11.8 Å². The third-order valence-electron chi connectivity index (χ3n) is 4.67. The Labute approximate surface area is 180 Å². The molecule has 0 radical (unpaired) electrons. The van der Waals surface area contributed by atoms with E-state index in [-0.39, 0.29) is 28.4 Å². The quantitative estimate of drug-likeness (QED) is 0.572. The van der Waals surface area contributed by atoms with Crippen molar-refractivity contribution < 1.29 is 27.8 Å². The highest BCUT2D eigenvalue weighted by Crippen LogP contribution is 2.40. The minimum atomic E-state index is -1.08. The summed E-state index contributed by atoms with van der Waals surface area (Å²) < 4.78 is 37.5. The number of imide groups is 1. The zero-order valence-electron chi connectivity index (χ0n) is 16.4. The van der Waals surface area contributed by atoms with E-state index < -0.39 is 23.4 Å². The van der Waals surface area contributed by atoms with Gasteiger partial charge in [0.1, 0.15) is 17.2 Å². The number of methoxy groups -OCH3 is 2. The number of benzene rings is 2. The zero-order valence-corrected chi connectivity index (χ0v) is 17.3. The number of anilines is 2. The molecule has 1 aliphatic heterocycles. The van der Waals surface area contributed by atoms with Gasteiger partial charge in [-0.3, -0.25) is 9.59 Å². The molecular weight excluding hydrogens is 426 g/mol. The molecular formula is C22H16F2N2O4S. The number of carbonyl (C=O) groups excluding carboxylic acids is 2. The second kappa shape index (κ2) is 8.19. The van der Waals surface area contributed by atoms with E-state index in [1.807, 2.05) is 0 Å². The van der Waals surface area contributed by atoms with Gasteiger partial charge >= 0.3 is 0 Å². The first-order valence-electron chi connectivity index (χ1n) is 9.05. The number of ether oxygens (including phenoxy) is 2. The molecule has 3 aromatic rings. The molecule has 0 spiro atoms. The van der Waals surface area contributed by atoms with Crippen LogP contribution < -0.4 is 19.7 Å². The van der Waals surface area contributed by atoms with E-state index in [0.29, 0.717) is 10.6 Å². The smallest absolute Gasteiger partial charge is 0.282 e. The number of hydrogen-bond donors (Lipinski definition) is 1. The third-order valence-corrected chi connectivity index (χ3v) is 5.56. The lowest BCUT2D eigenvalue weighted by Crippen LogP contribution is -2.32. The minimum Gasteiger partial charge on any atom is -0.497 e. The Balaban J connectivity index is 1.81. The normalized spacial score (nSPS) is 13.7. The first kappa shape index (κ1) is 20.5. The molecule has 2 heterocycles. The standard InChI is InChI=1S/C22H16F2N2O4S/c1-29-13-6-8-16(17(11-13)30-2)26-21(27)19(18-4-3-9-31-18)20(22(26)28)25-12-5-7-14(23)15(24)10-12/h3-11,25H,1-2H3. The van der Waals surface area contributed by atoms with Crippen molar-refractivity contribution in [3.8, 4) is 11.5 Å². The van der Waals surface area contributed by atoms with Gasteiger partial charge in [0, 0.05) is 22.7 Å². The molecule has 0 unspecified atom stereocenters. The molecule has 0 saturated carbocycles. The Morgan fingerprint density at radius 1 is 0.935 bits per heavy atom. The molecule has 0 fully saturated rings.